The molecule has 2 aromatic carbocycles. The Bertz CT molecular complexity index is 721. The average Bonchev–Trinajstić information content (AvgIpc) is 2.72. The topological polar surface area (TPSA) is 52.6 Å². The van der Waals surface area contributed by atoms with Crippen LogP contribution in [0.3, 0.4) is 0 Å². The first-order chi connectivity index (χ1) is 13.2. The molecule has 2 aromatic rings. The fourth-order valence-electron chi connectivity index (χ4n) is 3.05. The number of aryl methyl sites for hydroxylation is 1. The zero-order chi connectivity index (χ0) is 19.5. The molecule has 0 spiro atoms. The third-order valence-corrected chi connectivity index (χ3v) is 5.94. The van der Waals surface area contributed by atoms with Crippen molar-refractivity contribution < 1.29 is 18.8 Å². The lowest BCUT2D eigenvalue weighted by Crippen LogP contribution is -2.03. The van der Waals surface area contributed by atoms with E-state index >= 15 is 0 Å². The summed E-state index contributed by atoms with van der Waals surface area (Å²) in [5.74, 6) is 0.812. The van der Waals surface area contributed by atoms with Crippen LogP contribution in [0.25, 0.3) is 0 Å². The van der Waals surface area contributed by atoms with Crippen LogP contribution in [0.4, 0.5) is 0 Å². The normalized spacial score (nSPS) is 11.1. The third-order valence-electron chi connectivity index (χ3n) is 4.54. The Labute approximate surface area is 162 Å². The fraction of sp³-hybridized carbons (Fsp3) is 0.409. The molecule has 0 bridgehead atoms. The van der Waals surface area contributed by atoms with Crippen LogP contribution in [0, 0.1) is 0 Å². The smallest absolute Gasteiger partial charge is 0.420 e. The highest BCUT2D eigenvalue weighted by Crippen LogP contribution is 2.37. The van der Waals surface area contributed by atoms with Crippen molar-refractivity contribution in [3.8, 4) is 11.5 Å². The molecule has 5 heteroatoms. The van der Waals surface area contributed by atoms with Gasteiger partial charge < -0.3 is 9.47 Å². The van der Waals surface area contributed by atoms with E-state index in [1.807, 2.05) is 6.07 Å². The molecule has 0 amide bonds. The lowest BCUT2D eigenvalue weighted by Gasteiger charge is -2.07. The Hall–Kier alpha value is -2.19. The van der Waals surface area contributed by atoms with Crippen LogP contribution in [-0.4, -0.2) is 25.9 Å². The largest absolute Gasteiger partial charge is 0.496 e. The predicted octanol–water partition coefficient (Wildman–Crippen LogP) is 5.86. The number of carbonyl (C=O) groups is 1. The molecule has 0 saturated carbocycles. The van der Waals surface area contributed by atoms with E-state index in [1.165, 1.54) is 19.8 Å². The van der Waals surface area contributed by atoms with Gasteiger partial charge in [-0.1, -0.05) is 53.8 Å². The van der Waals surface area contributed by atoms with Crippen molar-refractivity contribution in [1.29, 1.82) is 0 Å². The summed E-state index contributed by atoms with van der Waals surface area (Å²) < 4.78 is 22.9. The summed E-state index contributed by atoms with van der Waals surface area (Å²) in [5.41, 5.74) is 1.27. The van der Waals surface area contributed by atoms with E-state index in [2.05, 4.69) is 24.3 Å². The van der Waals surface area contributed by atoms with Gasteiger partial charge in [0, 0.05) is 0 Å². The number of hydrogen-bond acceptors (Lipinski definition) is 4. The molecule has 2 rings (SSSR count). The maximum absolute atomic E-state index is 12.6. The molecule has 0 heterocycles. The first-order valence-electron chi connectivity index (χ1n) is 9.41. The van der Waals surface area contributed by atoms with Crippen molar-refractivity contribution in [3.05, 3.63) is 59.7 Å². The van der Waals surface area contributed by atoms with Gasteiger partial charge in [0.25, 0.3) is 0 Å². The second-order valence-electron chi connectivity index (χ2n) is 6.45. The van der Waals surface area contributed by atoms with Crippen molar-refractivity contribution >= 4 is 13.3 Å². The Balaban J connectivity index is 1.72. The summed E-state index contributed by atoms with van der Waals surface area (Å²) in [6.07, 6.45) is 6.71. The van der Waals surface area contributed by atoms with Crippen molar-refractivity contribution in [2.24, 2.45) is 0 Å². The van der Waals surface area contributed by atoms with E-state index in [0.29, 0.717) is 17.7 Å². The molecule has 0 N–H and O–H groups in total. The van der Waals surface area contributed by atoms with Crippen LogP contribution in [0.1, 0.15) is 48.0 Å². The maximum Gasteiger partial charge on any atom is 0.420 e. The Morgan fingerprint density at radius 3 is 2.04 bits per heavy atom. The van der Waals surface area contributed by atoms with E-state index in [1.54, 1.807) is 18.2 Å². The summed E-state index contributed by atoms with van der Waals surface area (Å²) in [7, 11) is 1.02. The van der Waals surface area contributed by atoms with E-state index in [9.17, 15) is 9.36 Å². The van der Waals surface area contributed by atoms with Gasteiger partial charge in [-0.05, 0) is 43.4 Å². The minimum Gasteiger partial charge on any atom is -0.496 e. The molecule has 0 saturated heterocycles. The van der Waals surface area contributed by atoms with Crippen molar-refractivity contribution in [1.82, 2.24) is 0 Å². The fourth-order valence-corrected chi connectivity index (χ4v) is 4.23. The number of benzene rings is 2. The third kappa shape index (κ3) is 6.48. The number of methoxy groups -OCH3 is 2. The second kappa shape index (κ2) is 11.5. The maximum atomic E-state index is 12.6. The van der Waals surface area contributed by atoms with Gasteiger partial charge in [-0.15, -0.1) is 0 Å². The van der Waals surface area contributed by atoms with Gasteiger partial charge in [0.15, 0.2) is 11.7 Å². The number of unbranched alkanes of at least 4 members (excludes halogenated alkanes) is 4. The molecule has 4 nitrogen and oxygen atoms in total. The molecule has 27 heavy (non-hydrogen) atoms. The number of rotatable bonds is 12. The van der Waals surface area contributed by atoms with E-state index in [0.717, 1.165) is 38.5 Å². The molecule has 0 aromatic heterocycles. The van der Waals surface area contributed by atoms with Gasteiger partial charge in [-0.25, -0.2) is 4.79 Å². The van der Waals surface area contributed by atoms with E-state index < -0.39 is 7.80 Å². The molecule has 0 aliphatic heterocycles. The lowest BCUT2D eigenvalue weighted by atomic mass is 10.1. The Morgan fingerprint density at radius 1 is 0.815 bits per heavy atom. The highest BCUT2D eigenvalue weighted by atomic mass is 31.1. The lowest BCUT2D eigenvalue weighted by molar-refractivity contribution is 0.107. The molecule has 0 radical (unpaired) electrons. The highest BCUT2D eigenvalue weighted by Gasteiger charge is 2.34. The van der Waals surface area contributed by atoms with Gasteiger partial charge in [-0.3, -0.25) is 0 Å². The Morgan fingerprint density at radius 2 is 1.41 bits per heavy atom. The van der Waals surface area contributed by atoms with Crippen LogP contribution in [0.15, 0.2) is 48.5 Å². The quantitative estimate of drug-likeness (QED) is 0.338. The second-order valence-corrected chi connectivity index (χ2v) is 8.06. The minimum absolute atomic E-state index is 0.284. The van der Waals surface area contributed by atoms with Gasteiger partial charge in [0.1, 0.15) is 11.5 Å². The number of hydrogen-bond donors (Lipinski definition) is 0. The van der Waals surface area contributed by atoms with Crippen LogP contribution in [-0.2, 0) is 11.0 Å². The molecule has 1 unspecified atom stereocenters. The summed E-state index contributed by atoms with van der Waals surface area (Å²) in [6.45, 7) is 0. The summed E-state index contributed by atoms with van der Waals surface area (Å²) >= 11 is 0. The number of ether oxygens (including phenoxy) is 2. The highest BCUT2D eigenvalue weighted by molar-refractivity contribution is 7.64. The summed E-state index contributed by atoms with van der Waals surface area (Å²) in [4.78, 5) is 12.6. The van der Waals surface area contributed by atoms with Crippen LogP contribution >= 0.6 is 7.80 Å². The summed E-state index contributed by atoms with van der Waals surface area (Å²) in [5, 5.41) is 0. The SMILES string of the molecule is COc1cccc(OC)c1C(=O)[P+](=O)CCCCCCCc1ccccc1. The van der Waals surface area contributed by atoms with Gasteiger partial charge in [-0.2, -0.15) is 0 Å². The van der Waals surface area contributed by atoms with Crippen molar-refractivity contribution in [2.45, 2.75) is 38.5 Å². The molecular formula is C22H28O4P+. The predicted molar refractivity (Wildman–Crippen MR) is 110 cm³/mol. The van der Waals surface area contributed by atoms with E-state index in [-0.39, 0.29) is 11.1 Å². The monoisotopic (exact) mass is 387 g/mol. The van der Waals surface area contributed by atoms with Crippen molar-refractivity contribution in [3.63, 3.8) is 0 Å². The average molecular weight is 387 g/mol. The van der Waals surface area contributed by atoms with E-state index in [4.69, 9.17) is 9.47 Å². The molecular weight excluding hydrogens is 359 g/mol. The van der Waals surface area contributed by atoms with Gasteiger partial charge >= 0.3 is 13.3 Å². The van der Waals surface area contributed by atoms with Crippen molar-refractivity contribution in [2.75, 3.05) is 20.4 Å². The molecule has 144 valence electrons. The first-order valence-corrected chi connectivity index (χ1v) is 10.9. The van der Waals surface area contributed by atoms with Crippen LogP contribution in [0.2, 0.25) is 0 Å². The zero-order valence-corrected chi connectivity index (χ0v) is 17.0. The van der Waals surface area contributed by atoms with Gasteiger partial charge in [0.05, 0.1) is 14.2 Å². The standard InChI is InChI=1S/C22H28O4P/c1-25-19-15-11-16-20(26-2)21(19)22(23)27(24)17-10-5-3-4-7-12-18-13-8-6-9-14-18/h6,8-9,11,13-16H,3-5,7,10,12,17H2,1-2H3/q+1. The summed E-state index contributed by atoms with van der Waals surface area (Å²) in [6, 6.07) is 15.6. The molecule has 0 aliphatic carbocycles. The molecule has 1 atom stereocenters. The number of carbonyl (C=O) groups excluding carboxylic acids is 1. The molecule has 0 aliphatic rings. The first kappa shape index (κ1) is 21.1. The minimum atomic E-state index is -1.97. The molecule has 0 fully saturated rings. The Kier molecular flexibility index (Phi) is 9.00. The van der Waals surface area contributed by atoms with Gasteiger partial charge in [0.2, 0.25) is 0 Å². The zero-order valence-electron chi connectivity index (χ0n) is 16.1. The van der Waals surface area contributed by atoms with Crippen LogP contribution in [0.5, 0.6) is 11.5 Å². The van der Waals surface area contributed by atoms with Crippen LogP contribution < -0.4 is 9.47 Å².